The molecule has 3 N–H and O–H groups in total. The van der Waals surface area contributed by atoms with Gasteiger partial charge in [-0.1, -0.05) is 44.2 Å². The molecule has 1 amide bonds. The minimum Gasteiger partial charge on any atom is -0.496 e. The molecule has 9 heteroatoms. The van der Waals surface area contributed by atoms with E-state index in [4.69, 9.17) is 10.5 Å². The number of nitrogen functional groups attached to an aromatic ring is 1. The summed E-state index contributed by atoms with van der Waals surface area (Å²) in [6.45, 7) is 5.49. The molecule has 1 unspecified atom stereocenters. The Bertz CT molecular complexity index is 1240. The maximum Gasteiger partial charge on any atom is 0.418 e. The number of pyridine rings is 1. The average Bonchev–Trinajstić information content (AvgIpc) is 2.90. The monoisotopic (exact) mass is 514 g/mol. The third-order valence-corrected chi connectivity index (χ3v) is 5.42. The quantitative estimate of drug-likeness (QED) is 0.391. The number of allylic oxidation sites excluding steroid dienone is 1. The van der Waals surface area contributed by atoms with Gasteiger partial charge < -0.3 is 20.7 Å². The van der Waals surface area contributed by atoms with Crippen LogP contribution < -0.4 is 15.8 Å². The normalized spacial score (nSPS) is 13.6. The number of para-hydroxylation sites is 1. The molecule has 0 bridgehead atoms. The van der Waals surface area contributed by atoms with Gasteiger partial charge in [-0.15, -0.1) is 0 Å². The number of carbonyl (C=O) groups excluding carboxylic acids is 1. The van der Waals surface area contributed by atoms with E-state index in [1.54, 1.807) is 13.3 Å². The van der Waals surface area contributed by atoms with E-state index < -0.39 is 23.3 Å². The standard InChI is InChI=1S/C15H14N2O.C11H13F3N2O.C2H6/c1-18-14-7-3-2-5-12(14)11-8-10-17-15-13(11)6-4-9-16-15;1-6-4-7(10(17)16(2)3)9(15)8(5-6)11(12,13)14;1-2/h2-11H,1H3,(H,16,17);4-5H,15H2,1-3H3;1-2H3. The smallest absolute Gasteiger partial charge is 0.418 e. The second kappa shape index (κ2) is 12.8. The van der Waals surface area contributed by atoms with Crippen LogP contribution in [0.25, 0.3) is 0 Å². The molecule has 1 aliphatic heterocycles. The first-order valence-electron chi connectivity index (χ1n) is 11.7. The lowest BCUT2D eigenvalue weighted by molar-refractivity contribution is -0.136. The first kappa shape index (κ1) is 29.2. The van der Waals surface area contributed by atoms with Crippen molar-refractivity contribution >= 4 is 17.4 Å². The second-order valence-corrected chi connectivity index (χ2v) is 8.14. The lowest BCUT2D eigenvalue weighted by Crippen LogP contribution is -2.24. The molecule has 0 radical (unpaired) electrons. The highest BCUT2D eigenvalue weighted by Crippen LogP contribution is 2.38. The summed E-state index contributed by atoms with van der Waals surface area (Å²) in [5.41, 5.74) is 6.47. The summed E-state index contributed by atoms with van der Waals surface area (Å²) in [6, 6.07) is 14.4. The maximum atomic E-state index is 12.7. The summed E-state index contributed by atoms with van der Waals surface area (Å²) in [6.07, 6.45) is 1.30. The zero-order valence-electron chi connectivity index (χ0n) is 21.9. The molecule has 4 rings (SSSR count). The second-order valence-electron chi connectivity index (χ2n) is 8.14. The molecule has 1 aliphatic rings. The molecule has 3 aromatic rings. The number of benzene rings is 2. The van der Waals surface area contributed by atoms with Gasteiger partial charge in [0.15, 0.2) is 0 Å². The van der Waals surface area contributed by atoms with Crippen molar-refractivity contribution in [2.75, 3.05) is 32.3 Å². The Kier molecular flexibility index (Phi) is 10.1. The number of hydrogen-bond acceptors (Lipinski definition) is 5. The van der Waals surface area contributed by atoms with E-state index in [2.05, 4.69) is 28.5 Å². The number of anilines is 2. The third kappa shape index (κ3) is 7.03. The van der Waals surface area contributed by atoms with E-state index >= 15 is 0 Å². The highest BCUT2D eigenvalue weighted by atomic mass is 19.4. The molecule has 0 aliphatic carbocycles. The van der Waals surface area contributed by atoms with Gasteiger partial charge >= 0.3 is 6.18 Å². The van der Waals surface area contributed by atoms with Gasteiger partial charge in [0.2, 0.25) is 0 Å². The number of alkyl halides is 3. The Balaban J connectivity index is 0.000000245. The van der Waals surface area contributed by atoms with Gasteiger partial charge in [0, 0.05) is 37.3 Å². The van der Waals surface area contributed by atoms with E-state index in [0.29, 0.717) is 5.56 Å². The Hall–Kier alpha value is -4.01. The minimum atomic E-state index is -4.56. The molecule has 0 fully saturated rings. The molecule has 0 saturated carbocycles. The van der Waals surface area contributed by atoms with Crippen LogP contribution in [-0.2, 0) is 6.18 Å². The van der Waals surface area contributed by atoms with E-state index in [1.165, 1.54) is 37.5 Å². The van der Waals surface area contributed by atoms with Crippen LogP contribution in [0.4, 0.5) is 24.7 Å². The summed E-state index contributed by atoms with van der Waals surface area (Å²) >= 11 is 0. The fourth-order valence-electron chi connectivity index (χ4n) is 3.76. The van der Waals surface area contributed by atoms with Crippen molar-refractivity contribution in [3.63, 3.8) is 0 Å². The number of nitrogens with one attached hydrogen (secondary N) is 1. The summed E-state index contributed by atoms with van der Waals surface area (Å²) in [7, 11) is 4.61. The number of nitrogens with zero attached hydrogens (tertiary/aromatic N) is 2. The summed E-state index contributed by atoms with van der Waals surface area (Å²) in [5.74, 6) is 1.46. The summed E-state index contributed by atoms with van der Waals surface area (Å²) < 4.78 is 43.4. The fourth-order valence-corrected chi connectivity index (χ4v) is 3.76. The van der Waals surface area contributed by atoms with E-state index in [1.807, 2.05) is 44.3 Å². The summed E-state index contributed by atoms with van der Waals surface area (Å²) in [5, 5.41) is 3.17. The molecule has 2 heterocycles. The average molecular weight is 515 g/mol. The largest absolute Gasteiger partial charge is 0.496 e. The van der Waals surface area contributed by atoms with Crippen molar-refractivity contribution in [3.8, 4) is 5.75 Å². The van der Waals surface area contributed by atoms with Gasteiger partial charge in [-0.3, -0.25) is 4.79 Å². The van der Waals surface area contributed by atoms with Crippen LogP contribution in [0.2, 0.25) is 0 Å². The van der Waals surface area contributed by atoms with Crippen LogP contribution >= 0.6 is 0 Å². The van der Waals surface area contributed by atoms with Gasteiger partial charge in [-0.25, -0.2) is 4.98 Å². The molecule has 1 aromatic heterocycles. The zero-order chi connectivity index (χ0) is 27.8. The topological polar surface area (TPSA) is 80.5 Å². The third-order valence-electron chi connectivity index (χ3n) is 5.42. The number of fused-ring (bicyclic) bond motifs is 1. The number of nitrogens with two attached hydrogens (primary N) is 1. The lowest BCUT2D eigenvalue weighted by atomic mass is 9.89. The van der Waals surface area contributed by atoms with Gasteiger partial charge in [0.1, 0.15) is 11.6 Å². The van der Waals surface area contributed by atoms with Crippen LogP contribution in [-0.4, -0.2) is 37.0 Å². The number of carbonyl (C=O) groups is 1. The van der Waals surface area contributed by atoms with Gasteiger partial charge in [-0.05, 0) is 43.0 Å². The Morgan fingerprint density at radius 1 is 1.08 bits per heavy atom. The molecule has 37 heavy (non-hydrogen) atoms. The molecule has 198 valence electrons. The molecular weight excluding hydrogens is 481 g/mol. The van der Waals surface area contributed by atoms with Crippen molar-refractivity contribution < 1.29 is 22.7 Å². The predicted octanol–water partition coefficient (Wildman–Crippen LogP) is 6.49. The maximum absolute atomic E-state index is 12.7. The fraction of sp³-hybridized carbons (Fsp3) is 0.286. The number of ether oxygens (including phenoxy) is 1. The Labute approximate surface area is 216 Å². The van der Waals surface area contributed by atoms with Crippen LogP contribution in [0.1, 0.15) is 52.4 Å². The molecular formula is C28H33F3N4O2. The van der Waals surface area contributed by atoms with Crippen LogP contribution in [0.15, 0.2) is 67.0 Å². The molecule has 1 atom stereocenters. The number of amides is 1. The van der Waals surface area contributed by atoms with Crippen LogP contribution in [0.3, 0.4) is 0 Å². The van der Waals surface area contributed by atoms with Crippen molar-refractivity contribution in [1.82, 2.24) is 9.88 Å². The Morgan fingerprint density at radius 3 is 2.35 bits per heavy atom. The van der Waals surface area contributed by atoms with E-state index in [0.717, 1.165) is 23.2 Å². The van der Waals surface area contributed by atoms with Crippen molar-refractivity contribution in [2.45, 2.75) is 32.9 Å². The number of aromatic nitrogens is 1. The van der Waals surface area contributed by atoms with Crippen LogP contribution in [0, 0.1) is 6.92 Å². The molecule has 6 nitrogen and oxygen atoms in total. The van der Waals surface area contributed by atoms with Crippen LogP contribution in [0.5, 0.6) is 5.75 Å². The van der Waals surface area contributed by atoms with E-state index in [-0.39, 0.29) is 11.5 Å². The number of hydrogen-bond donors (Lipinski definition) is 2. The van der Waals surface area contributed by atoms with Crippen molar-refractivity contribution in [2.24, 2.45) is 0 Å². The predicted molar refractivity (Wildman–Crippen MR) is 142 cm³/mol. The SMILES string of the molecule is CC.COc1ccccc1C1C=CNc2ncccc21.Cc1cc(C(=O)N(C)C)c(N)c(C(F)(F)F)c1. The van der Waals surface area contributed by atoms with Crippen molar-refractivity contribution in [1.29, 1.82) is 0 Å². The number of aryl methyl sites for hydroxylation is 1. The lowest BCUT2D eigenvalue weighted by Gasteiger charge is -2.22. The summed E-state index contributed by atoms with van der Waals surface area (Å²) in [4.78, 5) is 17.2. The van der Waals surface area contributed by atoms with Gasteiger partial charge in [0.05, 0.1) is 23.9 Å². The number of rotatable bonds is 3. The van der Waals surface area contributed by atoms with Crippen molar-refractivity contribution in [3.05, 3.63) is 94.8 Å². The zero-order valence-corrected chi connectivity index (χ0v) is 21.9. The first-order valence-corrected chi connectivity index (χ1v) is 11.7. The highest BCUT2D eigenvalue weighted by molar-refractivity contribution is 5.99. The Morgan fingerprint density at radius 2 is 1.73 bits per heavy atom. The molecule has 0 spiro atoms. The highest BCUT2D eigenvalue weighted by Gasteiger charge is 2.35. The van der Waals surface area contributed by atoms with Gasteiger partial charge in [-0.2, -0.15) is 13.2 Å². The molecule has 0 saturated heterocycles. The molecule has 2 aromatic carbocycles. The first-order chi connectivity index (χ1) is 17.5. The van der Waals surface area contributed by atoms with Gasteiger partial charge in [0.25, 0.3) is 5.91 Å². The van der Waals surface area contributed by atoms with E-state index in [9.17, 15) is 18.0 Å². The number of halogens is 3. The number of methoxy groups -OCH3 is 1. The minimum absolute atomic E-state index is 0.123.